The zero-order valence-corrected chi connectivity index (χ0v) is 10.7. The molecule has 18 heavy (non-hydrogen) atoms. The first-order valence-electron chi connectivity index (χ1n) is 6.64. The fourth-order valence-corrected chi connectivity index (χ4v) is 2.73. The molecule has 1 aromatic rings. The molecule has 1 fully saturated rings. The van der Waals surface area contributed by atoms with E-state index < -0.39 is 0 Å². The molecule has 2 unspecified atom stereocenters. The van der Waals surface area contributed by atoms with Crippen molar-refractivity contribution in [3.8, 4) is 6.07 Å². The first-order valence-corrected chi connectivity index (χ1v) is 6.64. The average Bonchev–Trinajstić information content (AvgIpc) is 2.88. The summed E-state index contributed by atoms with van der Waals surface area (Å²) < 4.78 is 0. The molecule has 2 rings (SSSR count). The van der Waals surface area contributed by atoms with E-state index in [1.165, 1.54) is 19.3 Å². The van der Waals surface area contributed by atoms with Gasteiger partial charge in [-0.1, -0.05) is 26.2 Å². The number of H-pyrrole nitrogens is 1. The minimum atomic E-state index is -0.0955. The van der Waals surface area contributed by atoms with Crippen LogP contribution in [0, 0.1) is 17.2 Å². The highest BCUT2D eigenvalue weighted by atomic mass is 16.1. The van der Waals surface area contributed by atoms with E-state index in [1.807, 2.05) is 6.07 Å². The summed E-state index contributed by atoms with van der Waals surface area (Å²) in [5.74, 6) is 0.495. The molecular weight excluding hydrogens is 226 g/mol. The number of nitriles is 1. The Morgan fingerprint density at radius 2 is 2.28 bits per heavy atom. The first kappa shape index (κ1) is 12.7. The maximum absolute atomic E-state index is 12.1. The van der Waals surface area contributed by atoms with Crippen LogP contribution in [0.2, 0.25) is 0 Å². The number of carbonyl (C=O) groups excluding carboxylic acids is 1. The van der Waals surface area contributed by atoms with E-state index in [4.69, 9.17) is 5.26 Å². The summed E-state index contributed by atoms with van der Waals surface area (Å²) in [5, 5.41) is 11.8. The summed E-state index contributed by atoms with van der Waals surface area (Å²) in [4.78, 5) is 14.9. The highest BCUT2D eigenvalue weighted by molar-refractivity contribution is 5.92. The van der Waals surface area contributed by atoms with Gasteiger partial charge in [-0.3, -0.25) is 4.79 Å². The van der Waals surface area contributed by atoms with Crippen molar-refractivity contribution in [1.82, 2.24) is 10.3 Å². The Morgan fingerprint density at radius 1 is 1.50 bits per heavy atom. The predicted molar refractivity (Wildman–Crippen MR) is 69.0 cm³/mol. The van der Waals surface area contributed by atoms with Crippen molar-refractivity contribution in [2.45, 2.75) is 45.1 Å². The lowest BCUT2D eigenvalue weighted by atomic mass is 9.83. The molecule has 1 aromatic heterocycles. The number of rotatable bonds is 3. The quantitative estimate of drug-likeness (QED) is 0.859. The molecular formula is C14H19N3O. The number of aromatic amines is 1. The second-order valence-electron chi connectivity index (χ2n) is 4.93. The third-order valence-electron chi connectivity index (χ3n) is 3.80. The van der Waals surface area contributed by atoms with Crippen molar-refractivity contribution < 1.29 is 4.79 Å². The van der Waals surface area contributed by atoms with Gasteiger partial charge in [0.1, 0.15) is 17.5 Å². The van der Waals surface area contributed by atoms with Gasteiger partial charge < -0.3 is 10.3 Å². The van der Waals surface area contributed by atoms with E-state index in [0.29, 0.717) is 17.3 Å². The second kappa shape index (κ2) is 5.72. The maximum Gasteiger partial charge on any atom is 0.267 e. The number of amides is 1. The number of hydrogen-bond donors (Lipinski definition) is 2. The zero-order valence-electron chi connectivity index (χ0n) is 10.7. The summed E-state index contributed by atoms with van der Waals surface area (Å²) in [6.07, 6.45) is 5.84. The molecule has 2 atom stereocenters. The van der Waals surface area contributed by atoms with E-state index in [-0.39, 0.29) is 11.9 Å². The molecule has 1 heterocycles. The van der Waals surface area contributed by atoms with Crippen LogP contribution in [-0.2, 0) is 0 Å². The molecule has 0 radical (unpaired) electrons. The van der Waals surface area contributed by atoms with Crippen molar-refractivity contribution in [1.29, 1.82) is 5.26 Å². The van der Waals surface area contributed by atoms with E-state index in [0.717, 1.165) is 12.8 Å². The summed E-state index contributed by atoms with van der Waals surface area (Å²) in [5.41, 5.74) is 0.905. The summed E-state index contributed by atoms with van der Waals surface area (Å²) in [6, 6.07) is 5.57. The standard InChI is InChI=1S/C14H19N3O/c1-2-10-5-3-4-6-12(10)17-14(18)13-8-7-11(9-15)16-13/h7-8,10,12,16H,2-6H2,1H3,(H,17,18). The molecule has 1 saturated carbocycles. The molecule has 0 aromatic carbocycles. The number of carbonyl (C=O) groups is 1. The topological polar surface area (TPSA) is 68.7 Å². The van der Waals surface area contributed by atoms with Gasteiger partial charge in [-0.15, -0.1) is 0 Å². The van der Waals surface area contributed by atoms with Gasteiger partial charge in [-0.05, 0) is 30.9 Å². The van der Waals surface area contributed by atoms with Gasteiger partial charge in [-0.2, -0.15) is 5.26 Å². The lowest BCUT2D eigenvalue weighted by Gasteiger charge is -2.31. The van der Waals surface area contributed by atoms with Crippen molar-refractivity contribution in [2.24, 2.45) is 5.92 Å². The van der Waals surface area contributed by atoms with Crippen LogP contribution in [0.15, 0.2) is 12.1 Å². The maximum atomic E-state index is 12.1. The Labute approximate surface area is 107 Å². The fraction of sp³-hybridized carbons (Fsp3) is 0.571. The first-order chi connectivity index (χ1) is 8.74. The smallest absolute Gasteiger partial charge is 0.267 e. The SMILES string of the molecule is CCC1CCCCC1NC(=O)c1ccc(C#N)[nH]1. The highest BCUT2D eigenvalue weighted by Crippen LogP contribution is 2.26. The van der Waals surface area contributed by atoms with Crippen LogP contribution < -0.4 is 5.32 Å². The second-order valence-corrected chi connectivity index (χ2v) is 4.93. The van der Waals surface area contributed by atoms with E-state index in [1.54, 1.807) is 12.1 Å². The molecule has 4 nitrogen and oxygen atoms in total. The third-order valence-corrected chi connectivity index (χ3v) is 3.80. The van der Waals surface area contributed by atoms with Crippen molar-refractivity contribution in [2.75, 3.05) is 0 Å². The minimum absolute atomic E-state index is 0.0955. The normalized spacial score (nSPS) is 23.3. The lowest BCUT2D eigenvalue weighted by Crippen LogP contribution is -2.42. The summed E-state index contributed by atoms with van der Waals surface area (Å²) >= 11 is 0. The third kappa shape index (κ3) is 2.73. The Balaban J connectivity index is 1.99. The largest absolute Gasteiger partial charge is 0.348 e. The van der Waals surface area contributed by atoms with E-state index >= 15 is 0 Å². The minimum Gasteiger partial charge on any atom is -0.348 e. The molecule has 2 N–H and O–H groups in total. The molecule has 96 valence electrons. The van der Waals surface area contributed by atoms with Crippen molar-refractivity contribution in [3.05, 3.63) is 23.5 Å². The summed E-state index contributed by atoms with van der Waals surface area (Å²) in [7, 11) is 0. The van der Waals surface area contributed by atoms with Crippen LogP contribution in [0.3, 0.4) is 0 Å². The molecule has 1 aliphatic carbocycles. The van der Waals surface area contributed by atoms with Crippen molar-refractivity contribution in [3.63, 3.8) is 0 Å². The molecule has 0 spiro atoms. The molecule has 4 heteroatoms. The van der Waals surface area contributed by atoms with Crippen LogP contribution >= 0.6 is 0 Å². The van der Waals surface area contributed by atoms with Gasteiger partial charge in [0.05, 0.1) is 0 Å². The van der Waals surface area contributed by atoms with E-state index in [9.17, 15) is 4.79 Å². The molecule has 0 aliphatic heterocycles. The molecule has 0 bridgehead atoms. The summed E-state index contributed by atoms with van der Waals surface area (Å²) in [6.45, 7) is 2.18. The Morgan fingerprint density at radius 3 is 2.94 bits per heavy atom. The van der Waals surface area contributed by atoms with Crippen LogP contribution in [-0.4, -0.2) is 16.9 Å². The van der Waals surface area contributed by atoms with Gasteiger partial charge in [0.15, 0.2) is 0 Å². The monoisotopic (exact) mass is 245 g/mol. The molecule has 1 aliphatic rings. The lowest BCUT2D eigenvalue weighted by molar-refractivity contribution is 0.0900. The average molecular weight is 245 g/mol. The Hall–Kier alpha value is -1.76. The van der Waals surface area contributed by atoms with Crippen LogP contribution in [0.4, 0.5) is 0 Å². The fourth-order valence-electron chi connectivity index (χ4n) is 2.73. The van der Waals surface area contributed by atoms with Crippen LogP contribution in [0.1, 0.15) is 55.2 Å². The van der Waals surface area contributed by atoms with Crippen LogP contribution in [0.5, 0.6) is 0 Å². The number of hydrogen-bond acceptors (Lipinski definition) is 2. The Bertz CT molecular complexity index is 458. The number of nitrogens with zero attached hydrogens (tertiary/aromatic N) is 1. The molecule has 1 amide bonds. The highest BCUT2D eigenvalue weighted by Gasteiger charge is 2.25. The Kier molecular flexibility index (Phi) is 4.03. The van der Waals surface area contributed by atoms with Gasteiger partial charge >= 0.3 is 0 Å². The molecule has 0 saturated heterocycles. The number of nitrogens with one attached hydrogen (secondary N) is 2. The van der Waals surface area contributed by atoms with Gasteiger partial charge in [0.25, 0.3) is 5.91 Å². The van der Waals surface area contributed by atoms with Gasteiger partial charge in [0, 0.05) is 6.04 Å². The van der Waals surface area contributed by atoms with E-state index in [2.05, 4.69) is 17.2 Å². The van der Waals surface area contributed by atoms with Crippen molar-refractivity contribution >= 4 is 5.91 Å². The number of aromatic nitrogens is 1. The predicted octanol–water partition coefficient (Wildman–Crippen LogP) is 2.58. The zero-order chi connectivity index (χ0) is 13.0. The van der Waals surface area contributed by atoms with Gasteiger partial charge in [0.2, 0.25) is 0 Å². The van der Waals surface area contributed by atoms with Crippen LogP contribution in [0.25, 0.3) is 0 Å². The van der Waals surface area contributed by atoms with Gasteiger partial charge in [-0.25, -0.2) is 0 Å².